The Balaban J connectivity index is 1.29. The van der Waals surface area contributed by atoms with E-state index in [-0.39, 0.29) is 23.4 Å². The van der Waals surface area contributed by atoms with Gasteiger partial charge in [-0.3, -0.25) is 14.4 Å². The van der Waals surface area contributed by atoms with Gasteiger partial charge in [-0.2, -0.15) is 0 Å². The molecule has 31 rings (SSSR count). The molecule has 3 heteroatoms. The average Bonchev–Trinajstić information content (AvgIpc) is 4.23. The van der Waals surface area contributed by atoms with Crippen LogP contribution in [0.3, 0.4) is 0 Å². The summed E-state index contributed by atoms with van der Waals surface area (Å²) in [6, 6.07) is 0. The van der Waals surface area contributed by atoms with Gasteiger partial charge >= 0.3 is 0 Å². The number of ketones is 2. The first-order valence-corrected chi connectivity index (χ1v) is 24.9. The van der Waals surface area contributed by atoms with Gasteiger partial charge in [-0.05, 0) is 147 Å². The number of carbonyl (C=O) groups excluding carboxylic acids is 2. The van der Waals surface area contributed by atoms with Crippen molar-refractivity contribution in [3.05, 3.63) is 32.5 Å². The zero-order valence-electron chi connectivity index (χ0n) is 34.5. The van der Waals surface area contributed by atoms with Crippen LogP contribution in [0.25, 0.3) is 291 Å². The van der Waals surface area contributed by atoms with Crippen LogP contribution in [0.4, 0.5) is 0 Å². The Labute approximate surface area is 367 Å². The van der Waals surface area contributed by atoms with E-state index in [1.54, 1.807) is 0 Å². The third-order valence-electron chi connectivity index (χ3n) is 24.2. The van der Waals surface area contributed by atoms with Crippen molar-refractivity contribution >= 4 is 302 Å². The van der Waals surface area contributed by atoms with Crippen LogP contribution in [0.2, 0.25) is 0 Å². The lowest BCUT2D eigenvalue weighted by Gasteiger charge is -2.44. The van der Waals surface area contributed by atoms with Crippen LogP contribution in [0, 0.1) is 0 Å². The van der Waals surface area contributed by atoms with Crippen molar-refractivity contribution in [2.75, 3.05) is 0 Å². The molecule has 2 atom stereocenters. The van der Waals surface area contributed by atoms with E-state index in [2.05, 4.69) is 6.92 Å². The van der Waals surface area contributed by atoms with E-state index >= 15 is 14.4 Å². The highest BCUT2D eigenvalue weighted by Crippen LogP contribution is 2.79. The lowest BCUT2D eigenvalue weighted by Crippen LogP contribution is -2.44. The van der Waals surface area contributed by atoms with Gasteiger partial charge in [-0.15, -0.1) is 0 Å². The first kappa shape index (κ1) is 25.4. The molecule has 0 saturated heterocycles. The normalized spacial score (nSPS) is 21.6. The molecule has 68 heavy (non-hydrogen) atoms. The average molecular weight is 835 g/mol. The van der Waals surface area contributed by atoms with Gasteiger partial charge in [0, 0.05) is 179 Å². The number of fused-ring (bicyclic) bond motifs is 5. The first-order chi connectivity index (χ1) is 33.6. The van der Waals surface area contributed by atoms with E-state index in [1.165, 1.54) is 253 Å². The summed E-state index contributed by atoms with van der Waals surface area (Å²) in [4.78, 5) is 50.1. The maximum absolute atomic E-state index is 17.0. The van der Waals surface area contributed by atoms with Crippen molar-refractivity contribution in [3.63, 3.8) is 0 Å². The largest absolute Gasteiger partial charge is 0.299 e. The summed E-state index contributed by atoms with van der Waals surface area (Å²) < 4.78 is 0. The Hall–Kier alpha value is -8.53. The standard InChI is InChI=1S/C65H6O3/c1-65-2-3(66)4-5-6-7-8-24-16-15-9-10-12-14-13-11(9)19-18(15)26(8)35-36-27(19)29-22(13)30-23(14)31-28-21(12)25-17(10)20(16)32-33(24)42(6)50-49-37(32)34(25)43-38(28)48-41(31)47-40(30)46-39(29)45(36)53-52(44(7)35)59(5)63(67)60(53)54(46)55(47)61(64(65)68)56(48)58(51(43)49)62(65)57(4)50/h4H,2H2,1H3/t4-,65-/m1/s1. The number of benzene rings is 18. The molecular weight excluding hydrogens is 829 g/mol. The summed E-state index contributed by atoms with van der Waals surface area (Å²) >= 11 is 0. The highest BCUT2D eigenvalue weighted by molar-refractivity contribution is 6.82. The predicted octanol–water partition coefficient (Wildman–Crippen LogP) is 16.3. The third kappa shape index (κ3) is 1.35. The molecular formula is C65H6O3. The zero-order chi connectivity index (χ0) is 41.0. The minimum absolute atomic E-state index is 0.105. The SMILES string of the molecule is C[C@@]12CC(=O)[C@H]3c4c1c1c5c(c6c7c8c(=O)c9c3c3c%10c4c4c1c1c%11c5c5c6c6c7c7c%12c8c9c8c3c3c9c%10c%10c4c1c1c4c%11c5c5c6c6c7c7c%12c8c3c3c8c9c%10c1c1c4c5c6c(c37)c81)C2=O. The summed E-state index contributed by atoms with van der Waals surface area (Å²) in [5, 5.41) is 73.5. The van der Waals surface area contributed by atoms with Gasteiger partial charge in [0.1, 0.15) is 5.78 Å². The molecule has 0 saturated carbocycles. The summed E-state index contributed by atoms with van der Waals surface area (Å²) in [6.07, 6.45) is 0.160. The van der Waals surface area contributed by atoms with E-state index in [0.717, 1.165) is 60.0 Å². The minimum Gasteiger partial charge on any atom is -0.299 e. The molecule has 0 aromatic heterocycles. The molecule has 0 aliphatic heterocycles. The maximum Gasteiger partial charge on any atom is 0.195 e. The predicted molar refractivity (Wildman–Crippen MR) is 282 cm³/mol. The van der Waals surface area contributed by atoms with Crippen molar-refractivity contribution in [2.45, 2.75) is 24.7 Å². The second-order valence-electron chi connectivity index (χ2n) is 24.9. The molecule has 0 heterocycles. The van der Waals surface area contributed by atoms with Crippen LogP contribution in [0.1, 0.15) is 46.3 Å². The summed E-state index contributed by atoms with van der Waals surface area (Å²) in [5.41, 5.74) is 3.10. The molecule has 0 unspecified atom stereocenters. The van der Waals surface area contributed by atoms with E-state index < -0.39 is 11.3 Å². The van der Waals surface area contributed by atoms with Crippen molar-refractivity contribution in [2.24, 2.45) is 0 Å². The quantitative estimate of drug-likeness (QED) is 0.143. The highest BCUT2D eigenvalue weighted by atomic mass is 16.1. The van der Waals surface area contributed by atoms with Crippen molar-refractivity contribution in [1.29, 1.82) is 0 Å². The third-order valence-corrected chi connectivity index (χ3v) is 24.2. The van der Waals surface area contributed by atoms with Gasteiger partial charge in [-0.25, -0.2) is 0 Å². The summed E-state index contributed by atoms with van der Waals surface area (Å²) in [6.45, 7) is 2.18. The molecule has 0 bridgehead atoms. The van der Waals surface area contributed by atoms with Crippen LogP contribution in [-0.4, -0.2) is 11.6 Å². The minimum atomic E-state index is -1.05. The lowest BCUT2D eigenvalue weighted by molar-refractivity contribution is -0.121. The van der Waals surface area contributed by atoms with E-state index in [4.69, 9.17) is 0 Å². The molecule has 3 nitrogen and oxygen atoms in total. The fourth-order valence-electron chi connectivity index (χ4n) is 23.7. The maximum atomic E-state index is 17.0. The molecule has 0 N–H and O–H groups in total. The number of rotatable bonds is 0. The van der Waals surface area contributed by atoms with Crippen LogP contribution in [-0.2, 0) is 10.2 Å². The smallest absolute Gasteiger partial charge is 0.195 e. The Morgan fingerprint density at radius 2 is 0.500 bits per heavy atom. The molecule has 3 aliphatic rings. The van der Waals surface area contributed by atoms with Crippen molar-refractivity contribution in [3.8, 4) is 0 Å². The van der Waals surface area contributed by atoms with Crippen molar-refractivity contribution in [1.82, 2.24) is 0 Å². The van der Waals surface area contributed by atoms with Crippen LogP contribution in [0.15, 0.2) is 4.79 Å². The van der Waals surface area contributed by atoms with Gasteiger partial charge in [0.2, 0.25) is 0 Å². The molecule has 0 spiro atoms. The topological polar surface area (TPSA) is 51.2 Å². The lowest BCUT2D eigenvalue weighted by atomic mass is 9.56. The number of Topliss-reactive ketones (excluding diaryl/α,β-unsaturated/α-hetero) is 2. The Kier molecular flexibility index (Phi) is 2.12. The Morgan fingerprint density at radius 1 is 0.265 bits per heavy atom. The van der Waals surface area contributed by atoms with Crippen LogP contribution in [0.5, 0.6) is 0 Å². The van der Waals surface area contributed by atoms with Crippen LogP contribution < -0.4 is 5.43 Å². The van der Waals surface area contributed by atoms with Gasteiger partial charge in [0.25, 0.3) is 0 Å². The summed E-state index contributed by atoms with van der Waals surface area (Å²) in [7, 11) is 0. The number of carbonyl (C=O) groups is 2. The molecule has 28 aromatic carbocycles. The van der Waals surface area contributed by atoms with Gasteiger partial charge in [0.15, 0.2) is 11.2 Å². The molecule has 0 fully saturated rings. The zero-order valence-corrected chi connectivity index (χ0v) is 34.5. The monoisotopic (exact) mass is 834 g/mol. The van der Waals surface area contributed by atoms with Crippen LogP contribution >= 0.6 is 0 Å². The molecule has 0 radical (unpaired) electrons. The van der Waals surface area contributed by atoms with Gasteiger partial charge in [0.05, 0.1) is 11.3 Å². The molecule has 3 aliphatic carbocycles. The summed E-state index contributed by atoms with van der Waals surface area (Å²) in [5.74, 6) is -0.379. The fraction of sp³-hybridized carbons (Fsp3) is 0.0615. The second-order valence-corrected chi connectivity index (χ2v) is 24.9. The van der Waals surface area contributed by atoms with E-state index in [1.807, 2.05) is 0 Å². The second kappa shape index (κ2) is 5.67. The molecule has 28 aromatic rings. The van der Waals surface area contributed by atoms with Gasteiger partial charge in [-0.1, -0.05) is 0 Å². The Bertz CT molecular complexity index is 7510. The van der Waals surface area contributed by atoms with Crippen molar-refractivity contribution < 1.29 is 9.59 Å². The first-order valence-electron chi connectivity index (χ1n) is 24.9. The van der Waals surface area contributed by atoms with E-state index in [9.17, 15) is 0 Å². The molecule has 0 amide bonds. The number of hydrogen-bond donors (Lipinski definition) is 0. The fourth-order valence-corrected chi connectivity index (χ4v) is 23.7. The number of hydrogen-bond acceptors (Lipinski definition) is 3. The van der Waals surface area contributed by atoms with Gasteiger partial charge < -0.3 is 0 Å². The highest BCUT2D eigenvalue weighted by Gasteiger charge is 2.58. The molecule has 284 valence electrons. The Morgan fingerprint density at radius 3 is 0.868 bits per heavy atom. The van der Waals surface area contributed by atoms with E-state index in [0.29, 0.717) is 0 Å².